The number of amidine groups is 1. The zero-order valence-electron chi connectivity index (χ0n) is 16.3. The summed E-state index contributed by atoms with van der Waals surface area (Å²) >= 11 is 4.67. The van der Waals surface area contributed by atoms with Gasteiger partial charge in [0.25, 0.3) is 5.91 Å². The van der Waals surface area contributed by atoms with Gasteiger partial charge in [0.1, 0.15) is 0 Å². The smallest absolute Gasteiger partial charge is 0.335 e. The Morgan fingerprint density at radius 3 is 2.70 bits per heavy atom. The lowest BCUT2D eigenvalue weighted by Crippen LogP contribution is -2.19. The number of aliphatic imine (C=N–C) groups is 1. The quantitative estimate of drug-likeness (QED) is 0.539. The largest absolute Gasteiger partial charge is 0.490 e. The van der Waals surface area contributed by atoms with Crippen molar-refractivity contribution >= 4 is 56.5 Å². The number of ether oxygens (including phenoxy) is 2. The number of carboxylic acids is 1. The third kappa shape index (κ3) is 5.22. The molecule has 1 fully saturated rings. The Kier molecular flexibility index (Phi) is 7.17. The second-order valence-electron chi connectivity index (χ2n) is 6.03. The Bertz CT molecular complexity index is 1050. The highest BCUT2D eigenvalue weighted by Gasteiger charge is 2.24. The predicted molar refractivity (Wildman–Crippen MR) is 121 cm³/mol. The van der Waals surface area contributed by atoms with Crippen LogP contribution in [0, 0.1) is 0 Å². The summed E-state index contributed by atoms with van der Waals surface area (Å²) in [7, 11) is 0. The highest BCUT2D eigenvalue weighted by Crippen LogP contribution is 2.38. The normalized spacial score (nSPS) is 16.0. The van der Waals surface area contributed by atoms with E-state index in [9.17, 15) is 9.59 Å². The van der Waals surface area contributed by atoms with Crippen LogP contribution in [-0.2, 0) is 4.79 Å². The number of halogens is 1. The molecule has 1 amide bonds. The van der Waals surface area contributed by atoms with Crippen molar-refractivity contribution in [1.29, 1.82) is 0 Å². The highest BCUT2D eigenvalue weighted by atomic mass is 79.9. The van der Waals surface area contributed by atoms with Crippen molar-refractivity contribution in [1.82, 2.24) is 5.32 Å². The monoisotopic (exact) mass is 490 g/mol. The van der Waals surface area contributed by atoms with Gasteiger partial charge in [0.2, 0.25) is 0 Å². The maximum atomic E-state index is 12.4. The van der Waals surface area contributed by atoms with E-state index in [4.69, 9.17) is 14.6 Å². The zero-order chi connectivity index (χ0) is 21.7. The van der Waals surface area contributed by atoms with Crippen molar-refractivity contribution in [3.8, 4) is 11.5 Å². The number of carboxylic acid groups (broad SMARTS) is 1. The van der Waals surface area contributed by atoms with Gasteiger partial charge in [-0.1, -0.05) is 6.07 Å². The lowest BCUT2D eigenvalue weighted by Gasteiger charge is -2.13. The van der Waals surface area contributed by atoms with E-state index in [2.05, 4.69) is 26.2 Å². The first-order valence-corrected chi connectivity index (χ1v) is 10.7. The fourth-order valence-corrected chi connectivity index (χ4v) is 4.09. The topological polar surface area (TPSA) is 97.2 Å². The minimum atomic E-state index is -1.04. The summed E-state index contributed by atoms with van der Waals surface area (Å²) < 4.78 is 12.0. The molecule has 30 heavy (non-hydrogen) atoms. The molecular formula is C21H19BrN2O5S. The van der Waals surface area contributed by atoms with E-state index >= 15 is 0 Å². The van der Waals surface area contributed by atoms with Crippen LogP contribution in [0.15, 0.2) is 50.8 Å². The van der Waals surface area contributed by atoms with Crippen LogP contribution in [0.3, 0.4) is 0 Å². The molecule has 9 heteroatoms. The van der Waals surface area contributed by atoms with Crippen molar-refractivity contribution in [3.05, 3.63) is 56.9 Å². The molecule has 0 saturated carbocycles. The Labute approximate surface area is 186 Å². The van der Waals surface area contributed by atoms with E-state index in [1.165, 1.54) is 23.9 Å². The molecule has 0 bridgehead atoms. The molecule has 2 N–H and O–H groups in total. The number of amides is 1. The van der Waals surface area contributed by atoms with Gasteiger partial charge in [-0.05, 0) is 83.5 Å². The molecule has 0 atom stereocenters. The number of carbonyl (C=O) groups is 2. The molecule has 7 nitrogen and oxygen atoms in total. The van der Waals surface area contributed by atoms with Gasteiger partial charge in [-0.25, -0.2) is 9.79 Å². The molecule has 3 rings (SSSR count). The van der Waals surface area contributed by atoms with Gasteiger partial charge in [-0.3, -0.25) is 4.79 Å². The summed E-state index contributed by atoms with van der Waals surface area (Å²) in [5, 5.41) is 12.2. The Balaban J connectivity index is 1.87. The lowest BCUT2D eigenvalue weighted by molar-refractivity contribution is -0.115. The molecule has 1 heterocycles. The minimum absolute atomic E-state index is 0.129. The van der Waals surface area contributed by atoms with E-state index in [1.54, 1.807) is 18.2 Å². The van der Waals surface area contributed by atoms with Gasteiger partial charge in [-0.15, -0.1) is 0 Å². The second kappa shape index (κ2) is 9.82. The number of carbonyl (C=O) groups excluding carboxylic acids is 1. The van der Waals surface area contributed by atoms with Gasteiger partial charge < -0.3 is 19.9 Å². The molecular weight excluding hydrogens is 472 g/mol. The molecule has 0 aromatic heterocycles. The first-order valence-electron chi connectivity index (χ1n) is 9.13. The third-order valence-corrected chi connectivity index (χ3v) is 5.39. The maximum Gasteiger partial charge on any atom is 0.335 e. The molecule has 156 valence electrons. The number of hydrogen-bond donors (Lipinski definition) is 2. The van der Waals surface area contributed by atoms with Gasteiger partial charge in [0.05, 0.1) is 33.8 Å². The molecule has 2 aromatic carbocycles. The molecule has 1 aliphatic heterocycles. The van der Waals surface area contributed by atoms with E-state index in [0.717, 1.165) is 10.0 Å². The Morgan fingerprint density at radius 2 is 2.00 bits per heavy atom. The summed E-state index contributed by atoms with van der Waals surface area (Å²) in [6.07, 6.45) is 1.74. The van der Waals surface area contributed by atoms with E-state index < -0.39 is 5.97 Å². The van der Waals surface area contributed by atoms with Gasteiger partial charge in [-0.2, -0.15) is 0 Å². The van der Waals surface area contributed by atoms with Crippen LogP contribution < -0.4 is 14.8 Å². The van der Waals surface area contributed by atoms with Crippen LogP contribution in [0.1, 0.15) is 29.8 Å². The van der Waals surface area contributed by atoms with E-state index in [1.807, 2.05) is 26.0 Å². The number of benzene rings is 2. The van der Waals surface area contributed by atoms with Gasteiger partial charge in [0, 0.05) is 0 Å². The van der Waals surface area contributed by atoms with E-state index in [0.29, 0.717) is 40.5 Å². The number of nitrogens with one attached hydrogen (secondary N) is 1. The molecule has 0 aliphatic carbocycles. The molecule has 0 unspecified atom stereocenters. The lowest BCUT2D eigenvalue weighted by atomic mass is 10.2. The number of nitrogens with zero attached hydrogens (tertiary/aromatic N) is 1. The van der Waals surface area contributed by atoms with Crippen molar-refractivity contribution in [3.63, 3.8) is 0 Å². The fraction of sp³-hybridized carbons (Fsp3) is 0.190. The van der Waals surface area contributed by atoms with Crippen LogP contribution in [-0.4, -0.2) is 35.4 Å². The molecule has 0 radical (unpaired) electrons. The Hall–Kier alpha value is -2.78. The van der Waals surface area contributed by atoms with Crippen molar-refractivity contribution in [2.24, 2.45) is 4.99 Å². The van der Waals surface area contributed by atoms with Gasteiger partial charge >= 0.3 is 5.97 Å². The van der Waals surface area contributed by atoms with Crippen LogP contribution in [0.5, 0.6) is 11.5 Å². The SMILES string of the molecule is CCOc1cc(/C=C2/SC(=Nc3cccc(C(=O)O)c3)NC2=O)cc(Br)c1OCC. The van der Waals surface area contributed by atoms with Crippen LogP contribution in [0.25, 0.3) is 6.08 Å². The maximum absolute atomic E-state index is 12.4. The summed E-state index contributed by atoms with van der Waals surface area (Å²) in [5.74, 6) is -0.114. The van der Waals surface area contributed by atoms with Crippen LogP contribution in [0.4, 0.5) is 5.69 Å². The van der Waals surface area contributed by atoms with Crippen molar-refractivity contribution in [2.75, 3.05) is 13.2 Å². The predicted octanol–water partition coefficient (Wildman–Crippen LogP) is 4.84. The molecule has 0 spiro atoms. The number of rotatable bonds is 7. The summed E-state index contributed by atoms with van der Waals surface area (Å²) in [6, 6.07) is 9.87. The summed E-state index contributed by atoms with van der Waals surface area (Å²) in [4.78, 5) is 28.3. The van der Waals surface area contributed by atoms with Crippen LogP contribution in [0.2, 0.25) is 0 Å². The average Bonchev–Trinajstić information content (AvgIpc) is 3.03. The zero-order valence-corrected chi connectivity index (χ0v) is 18.7. The number of aromatic carboxylic acids is 1. The van der Waals surface area contributed by atoms with Crippen molar-refractivity contribution < 1.29 is 24.2 Å². The number of thioether (sulfide) groups is 1. The molecule has 2 aromatic rings. The summed E-state index contributed by atoms with van der Waals surface area (Å²) in [6.45, 7) is 4.76. The second-order valence-corrected chi connectivity index (χ2v) is 7.92. The molecule has 1 saturated heterocycles. The first-order chi connectivity index (χ1) is 14.4. The highest BCUT2D eigenvalue weighted by molar-refractivity contribution is 9.10. The third-order valence-electron chi connectivity index (χ3n) is 3.89. The number of hydrogen-bond acceptors (Lipinski definition) is 6. The molecule has 1 aliphatic rings. The van der Waals surface area contributed by atoms with Crippen molar-refractivity contribution in [2.45, 2.75) is 13.8 Å². The van der Waals surface area contributed by atoms with E-state index in [-0.39, 0.29) is 11.5 Å². The fourth-order valence-electron chi connectivity index (χ4n) is 2.68. The standard InChI is InChI=1S/C21H19BrN2O5S/c1-3-28-16-9-12(8-15(22)18(16)29-4-2)10-17-19(25)24-21(30-17)23-14-7-5-6-13(11-14)20(26)27/h5-11H,3-4H2,1-2H3,(H,26,27)(H,23,24,25)/b17-10+. The Morgan fingerprint density at radius 1 is 1.23 bits per heavy atom. The first kappa shape index (κ1) is 21.9. The minimum Gasteiger partial charge on any atom is -0.490 e. The van der Waals surface area contributed by atoms with Gasteiger partial charge in [0.15, 0.2) is 16.7 Å². The van der Waals surface area contributed by atoms with Crippen LogP contribution >= 0.6 is 27.7 Å². The average molecular weight is 491 g/mol. The summed E-state index contributed by atoms with van der Waals surface area (Å²) in [5.41, 5.74) is 1.34.